The lowest BCUT2D eigenvalue weighted by molar-refractivity contribution is -0.117. The van der Waals surface area contributed by atoms with Gasteiger partial charge in [0.05, 0.1) is 21.3 Å². The zero-order valence-electron chi connectivity index (χ0n) is 21.9. The van der Waals surface area contributed by atoms with E-state index in [0.29, 0.717) is 35.8 Å². The highest BCUT2D eigenvalue weighted by Crippen LogP contribution is 2.27. The van der Waals surface area contributed by atoms with Crippen molar-refractivity contribution in [1.29, 1.82) is 0 Å². The van der Waals surface area contributed by atoms with Gasteiger partial charge in [-0.3, -0.25) is 9.59 Å². The molecule has 0 unspecified atom stereocenters. The molecule has 1 aromatic heterocycles. The summed E-state index contributed by atoms with van der Waals surface area (Å²) in [6.07, 6.45) is 4.21. The van der Waals surface area contributed by atoms with Crippen molar-refractivity contribution in [2.75, 3.05) is 27.9 Å². The van der Waals surface area contributed by atoms with Gasteiger partial charge in [-0.1, -0.05) is 24.3 Å². The molecule has 0 saturated heterocycles. The van der Waals surface area contributed by atoms with E-state index in [9.17, 15) is 9.59 Å². The van der Waals surface area contributed by atoms with Crippen LogP contribution in [0.3, 0.4) is 0 Å². The second kappa shape index (κ2) is 12.0. The largest absolute Gasteiger partial charge is 0.497 e. The van der Waals surface area contributed by atoms with Crippen LogP contribution in [-0.4, -0.2) is 44.3 Å². The van der Waals surface area contributed by atoms with E-state index in [4.69, 9.17) is 14.2 Å². The average molecular weight is 514 g/mol. The van der Waals surface area contributed by atoms with Gasteiger partial charge in [0, 0.05) is 41.8 Å². The zero-order chi connectivity index (χ0) is 27.1. The van der Waals surface area contributed by atoms with Gasteiger partial charge in [0.1, 0.15) is 11.4 Å². The number of aryl methyl sites for hydroxylation is 1. The van der Waals surface area contributed by atoms with Crippen molar-refractivity contribution in [1.82, 2.24) is 15.2 Å². The number of nitrogens with one attached hydrogen (secondary N) is 2. The van der Waals surface area contributed by atoms with Crippen LogP contribution >= 0.6 is 0 Å². The summed E-state index contributed by atoms with van der Waals surface area (Å²) in [7, 11) is 6.67. The van der Waals surface area contributed by atoms with Crippen LogP contribution in [0.15, 0.2) is 78.6 Å². The number of hydrogen-bond acceptors (Lipinski definition) is 5. The number of aromatic nitrogens is 1. The molecule has 0 fully saturated rings. The molecule has 0 saturated carbocycles. The first-order valence-corrected chi connectivity index (χ1v) is 12.1. The minimum Gasteiger partial charge on any atom is -0.497 e. The second-order valence-electron chi connectivity index (χ2n) is 8.65. The molecule has 38 heavy (non-hydrogen) atoms. The summed E-state index contributed by atoms with van der Waals surface area (Å²) in [6.45, 7) is 0.361. The molecule has 0 aliphatic rings. The van der Waals surface area contributed by atoms with E-state index in [2.05, 4.69) is 10.6 Å². The maximum absolute atomic E-state index is 13.3. The number of hydrogen-bond donors (Lipinski definition) is 2. The molecule has 4 rings (SSSR count). The fraction of sp³-hybridized carbons (Fsp3) is 0.200. The topological polar surface area (TPSA) is 90.8 Å². The molecule has 196 valence electrons. The van der Waals surface area contributed by atoms with Gasteiger partial charge in [0.2, 0.25) is 0 Å². The fourth-order valence-electron chi connectivity index (χ4n) is 4.19. The van der Waals surface area contributed by atoms with Gasteiger partial charge in [0.15, 0.2) is 11.5 Å². The standard InChI is InChI=1S/C30H31N3O5/c1-33-19-22(24-7-5-6-8-26(24)33)18-25(32-29(34)21-10-12-23(36-2)13-11-21)30(35)31-16-15-20-9-14-27(37-3)28(17-20)38-4/h5-14,17-19H,15-16H2,1-4H3,(H,31,35)(H,32,34)/b25-18-. The molecule has 2 N–H and O–H groups in total. The summed E-state index contributed by atoms with van der Waals surface area (Å²) >= 11 is 0. The summed E-state index contributed by atoms with van der Waals surface area (Å²) in [5, 5.41) is 6.70. The van der Waals surface area contributed by atoms with Crippen LogP contribution in [0.4, 0.5) is 0 Å². The highest BCUT2D eigenvalue weighted by atomic mass is 16.5. The van der Waals surface area contributed by atoms with Crippen LogP contribution in [0, 0.1) is 0 Å². The predicted molar refractivity (Wildman–Crippen MR) is 148 cm³/mol. The van der Waals surface area contributed by atoms with Gasteiger partial charge in [-0.25, -0.2) is 0 Å². The molecular weight excluding hydrogens is 482 g/mol. The molecule has 8 nitrogen and oxygen atoms in total. The first kappa shape index (κ1) is 26.3. The first-order chi connectivity index (χ1) is 18.4. The number of benzene rings is 3. The SMILES string of the molecule is COc1ccc(C(=O)N/C(=C\c2cn(C)c3ccccc23)C(=O)NCCc2ccc(OC)c(OC)c2)cc1. The van der Waals surface area contributed by atoms with Crippen molar-refractivity contribution in [3.63, 3.8) is 0 Å². The van der Waals surface area contributed by atoms with Crippen molar-refractivity contribution in [3.05, 3.63) is 95.3 Å². The number of carbonyl (C=O) groups excluding carboxylic acids is 2. The van der Waals surface area contributed by atoms with Crippen LogP contribution in [-0.2, 0) is 18.3 Å². The number of para-hydroxylation sites is 1. The van der Waals surface area contributed by atoms with E-state index < -0.39 is 5.91 Å². The molecule has 0 spiro atoms. The van der Waals surface area contributed by atoms with Gasteiger partial charge >= 0.3 is 0 Å². The minimum absolute atomic E-state index is 0.148. The number of methoxy groups -OCH3 is 3. The van der Waals surface area contributed by atoms with E-state index in [1.807, 2.05) is 60.3 Å². The quantitative estimate of drug-likeness (QED) is 0.308. The Morgan fingerprint density at radius 2 is 1.63 bits per heavy atom. The Morgan fingerprint density at radius 1 is 0.895 bits per heavy atom. The normalized spacial score (nSPS) is 11.2. The summed E-state index contributed by atoms with van der Waals surface area (Å²) in [6, 6.07) is 20.2. The maximum Gasteiger partial charge on any atom is 0.267 e. The molecule has 1 heterocycles. The summed E-state index contributed by atoms with van der Waals surface area (Å²) in [5.74, 6) is 1.12. The zero-order valence-corrected chi connectivity index (χ0v) is 21.9. The lowest BCUT2D eigenvalue weighted by atomic mass is 10.1. The molecule has 4 aromatic rings. The number of carbonyl (C=O) groups is 2. The highest BCUT2D eigenvalue weighted by molar-refractivity contribution is 6.06. The third-order valence-corrected chi connectivity index (χ3v) is 6.22. The molecule has 0 atom stereocenters. The predicted octanol–water partition coefficient (Wildman–Crippen LogP) is 4.33. The van der Waals surface area contributed by atoms with E-state index in [0.717, 1.165) is 22.0 Å². The van der Waals surface area contributed by atoms with Crippen LogP contribution in [0.2, 0.25) is 0 Å². The Hall–Kier alpha value is -4.72. The molecular formula is C30H31N3O5. The number of rotatable bonds is 10. The Kier molecular flexibility index (Phi) is 8.33. The molecule has 0 aliphatic heterocycles. The van der Waals surface area contributed by atoms with Crippen LogP contribution in [0.5, 0.6) is 17.2 Å². The Morgan fingerprint density at radius 3 is 2.34 bits per heavy atom. The Bertz CT molecular complexity index is 1470. The smallest absolute Gasteiger partial charge is 0.267 e. The minimum atomic E-state index is -0.394. The van der Waals surface area contributed by atoms with Gasteiger partial charge in [-0.2, -0.15) is 0 Å². The lowest BCUT2D eigenvalue weighted by Gasteiger charge is -2.12. The lowest BCUT2D eigenvalue weighted by Crippen LogP contribution is -2.35. The third kappa shape index (κ3) is 5.98. The molecule has 0 bridgehead atoms. The summed E-state index contributed by atoms with van der Waals surface area (Å²) in [4.78, 5) is 26.3. The molecule has 0 aliphatic carbocycles. The number of nitrogens with zero attached hydrogens (tertiary/aromatic N) is 1. The van der Waals surface area contributed by atoms with Gasteiger partial charge in [0.25, 0.3) is 11.8 Å². The maximum atomic E-state index is 13.3. The van der Waals surface area contributed by atoms with E-state index in [1.165, 1.54) is 0 Å². The van der Waals surface area contributed by atoms with Crippen molar-refractivity contribution >= 4 is 28.8 Å². The highest BCUT2D eigenvalue weighted by Gasteiger charge is 2.16. The molecule has 3 aromatic carbocycles. The van der Waals surface area contributed by atoms with Crippen molar-refractivity contribution in [3.8, 4) is 17.2 Å². The van der Waals surface area contributed by atoms with E-state index in [-0.39, 0.29) is 11.6 Å². The van der Waals surface area contributed by atoms with Crippen molar-refractivity contribution in [2.45, 2.75) is 6.42 Å². The van der Waals surface area contributed by atoms with Gasteiger partial charge in [-0.15, -0.1) is 0 Å². The molecule has 2 amide bonds. The Labute approximate surface area is 221 Å². The second-order valence-corrected chi connectivity index (χ2v) is 8.65. The monoisotopic (exact) mass is 513 g/mol. The average Bonchev–Trinajstić information content (AvgIpc) is 3.27. The van der Waals surface area contributed by atoms with Gasteiger partial charge < -0.3 is 29.4 Å². The first-order valence-electron chi connectivity index (χ1n) is 12.1. The Balaban J connectivity index is 1.56. The van der Waals surface area contributed by atoms with Crippen molar-refractivity contribution < 1.29 is 23.8 Å². The molecule has 0 radical (unpaired) electrons. The summed E-state index contributed by atoms with van der Waals surface area (Å²) < 4.78 is 17.8. The van der Waals surface area contributed by atoms with Crippen molar-refractivity contribution in [2.24, 2.45) is 7.05 Å². The number of ether oxygens (including phenoxy) is 3. The van der Waals surface area contributed by atoms with Crippen LogP contribution in [0.1, 0.15) is 21.5 Å². The molecule has 8 heteroatoms. The fourth-order valence-corrected chi connectivity index (χ4v) is 4.19. The number of amides is 2. The van der Waals surface area contributed by atoms with E-state index >= 15 is 0 Å². The van der Waals surface area contributed by atoms with Crippen LogP contribution < -0.4 is 24.8 Å². The van der Waals surface area contributed by atoms with E-state index in [1.54, 1.807) is 51.7 Å². The number of fused-ring (bicyclic) bond motifs is 1. The third-order valence-electron chi connectivity index (χ3n) is 6.22. The van der Waals surface area contributed by atoms with Crippen LogP contribution in [0.25, 0.3) is 17.0 Å². The summed E-state index contributed by atoms with van der Waals surface area (Å²) in [5.41, 5.74) is 3.38. The van der Waals surface area contributed by atoms with Gasteiger partial charge in [-0.05, 0) is 60.5 Å².